The molecule has 4 rings (SSSR count). The molecule has 0 nitrogen and oxygen atoms in total. The molecule has 0 bridgehead atoms. The Morgan fingerprint density at radius 3 is 1.61 bits per heavy atom. The minimum atomic E-state index is 0.550. The number of rotatable bonds is 0. The zero-order chi connectivity index (χ0) is 12.3. The van der Waals surface area contributed by atoms with Crippen molar-refractivity contribution in [1.82, 2.24) is 0 Å². The van der Waals surface area contributed by atoms with Gasteiger partial charge < -0.3 is 0 Å². The molecule has 2 aliphatic heterocycles. The van der Waals surface area contributed by atoms with Gasteiger partial charge in [0.1, 0.15) is 0 Å². The van der Waals surface area contributed by atoms with Crippen molar-refractivity contribution < 1.29 is 0 Å². The van der Waals surface area contributed by atoms with Crippen molar-refractivity contribution in [2.45, 2.75) is 20.3 Å². The predicted octanol–water partition coefficient (Wildman–Crippen LogP) is 6.21. The van der Waals surface area contributed by atoms with Crippen LogP contribution in [-0.4, -0.2) is 0 Å². The summed E-state index contributed by atoms with van der Waals surface area (Å²) in [6.45, 7) is 0. The number of hydrogen-bond acceptors (Lipinski definition) is 2. The van der Waals surface area contributed by atoms with Gasteiger partial charge in [-0.2, -0.15) is 0 Å². The molecule has 0 saturated carbocycles. The van der Waals surface area contributed by atoms with Crippen LogP contribution in [0.25, 0.3) is 0 Å². The summed E-state index contributed by atoms with van der Waals surface area (Å²) in [4.78, 5) is 2.85. The standard InChI is InChI=1S/C14H8Br2S2/c15-7-3-1-5-9-11(7)13-14(17-9)12-8(16)4-2-6-10(12)18-13/h1-6,13-14H. The topological polar surface area (TPSA) is 0 Å². The summed E-state index contributed by atoms with van der Waals surface area (Å²) in [6.07, 6.45) is 0. The maximum absolute atomic E-state index is 3.71. The second-order valence-corrected chi connectivity index (χ2v) is 8.46. The van der Waals surface area contributed by atoms with Crippen LogP contribution in [-0.2, 0) is 0 Å². The normalized spacial score (nSPS) is 23.7. The molecule has 0 radical (unpaired) electrons. The van der Waals surface area contributed by atoms with Crippen LogP contribution in [0.15, 0.2) is 55.1 Å². The smallest absolute Gasteiger partial charge is 0.0530 e. The lowest BCUT2D eigenvalue weighted by molar-refractivity contribution is 0.928. The predicted molar refractivity (Wildman–Crippen MR) is 85.5 cm³/mol. The molecule has 0 fully saturated rings. The Hall–Kier alpha value is 0.1000. The summed E-state index contributed by atoms with van der Waals surface area (Å²) in [6, 6.07) is 13.0. The van der Waals surface area contributed by atoms with Gasteiger partial charge in [-0.25, -0.2) is 0 Å². The van der Waals surface area contributed by atoms with Gasteiger partial charge in [0.2, 0.25) is 0 Å². The zero-order valence-electron chi connectivity index (χ0n) is 9.19. The summed E-state index contributed by atoms with van der Waals surface area (Å²) in [5, 5.41) is 1.10. The monoisotopic (exact) mass is 398 g/mol. The molecule has 2 unspecified atom stereocenters. The van der Waals surface area contributed by atoms with Crippen LogP contribution >= 0.6 is 55.4 Å². The number of hydrogen-bond donors (Lipinski definition) is 0. The SMILES string of the molecule is Brc1cccc2c1C1Sc3cccc(Br)c3C1S2. The van der Waals surface area contributed by atoms with Crippen molar-refractivity contribution in [2.24, 2.45) is 0 Å². The first-order valence-electron chi connectivity index (χ1n) is 5.66. The Balaban J connectivity index is 1.90. The van der Waals surface area contributed by atoms with Crippen molar-refractivity contribution in [3.05, 3.63) is 56.5 Å². The summed E-state index contributed by atoms with van der Waals surface area (Å²) in [5.41, 5.74) is 2.95. The first-order chi connectivity index (χ1) is 8.75. The molecule has 2 heterocycles. The van der Waals surface area contributed by atoms with E-state index in [0.29, 0.717) is 10.5 Å². The van der Waals surface area contributed by atoms with E-state index in [4.69, 9.17) is 0 Å². The summed E-state index contributed by atoms with van der Waals surface area (Å²) >= 11 is 11.4. The van der Waals surface area contributed by atoms with Crippen LogP contribution < -0.4 is 0 Å². The van der Waals surface area contributed by atoms with Crippen LogP contribution in [0, 0.1) is 0 Å². The maximum atomic E-state index is 3.71. The number of benzene rings is 2. The molecule has 2 atom stereocenters. The Kier molecular flexibility index (Phi) is 2.84. The largest absolute Gasteiger partial charge is 0.116 e. The first kappa shape index (κ1) is 11.9. The average Bonchev–Trinajstić information content (AvgIpc) is 2.85. The molecule has 0 aromatic heterocycles. The third kappa shape index (κ3) is 1.59. The number of fused-ring (bicyclic) bond motifs is 5. The van der Waals surface area contributed by atoms with Gasteiger partial charge in [0.25, 0.3) is 0 Å². The highest BCUT2D eigenvalue weighted by atomic mass is 79.9. The number of halogens is 2. The van der Waals surface area contributed by atoms with Crippen molar-refractivity contribution in [3.8, 4) is 0 Å². The highest BCUT2D eigenvalue weighted by molar-refractivity contribution is 9.10. The van der Waals surface area contributed by atoms with Crippen molar-refractivity contribution >= 4 is 55.4 Å². The molecule has 2 aliphatic rings. The Morgan fingerprint density at radius 1 is 0.722 bits per heavy atom. The Bertz CT molecular complexity index is 597. The Morgan fingerprint density at radius 2 is 1.17 bits per heavy atom. The quantitative estimate of drug-likeness (QED) is 0.516. The molecular formula is C14H8Br2S2. The van der Waals surface area contributed by atoms with Gasteiger partial charge in [-0.05, 0) is 35.4 Å². The molecule has 4 heteroatoms. The van der Waals surface area contributed by atoms with Crippen molar-refractivity contribution in [2.75, 3.05) is 0 Å². The number of thioether (sulfide) groups is 2. The van der Waals surface area contributed by atoms with E-state index < -0.39 is 0 Å². The molecule has 2 aromatic rings. The fourth-order valence-electron chi connectivity index (χ4n) is 2.61. The van der Waals surface area contributed by atoms with E-state index in [1.807, 2.05) is 23.5 Å². The van der Waals surface area contributed by atoms with Gasteiger partial charge in [0, 0.05) is 18.7 Å². The molecule has 0 N–H and O–H groups in total. The van der Waals surface area contributed by atoms with Gasteiger partial charge >= 0.3 is 0 Å². The lowest BCUT2D eigenvalue weighted by atomic mass is 10.0. The molecule has 2 aromatic carbocycles. The highest BCUT2D eigenvalue weighted by Crippen LogP contribution is 2.68. The minimum absolute atomic E-state index is 0.550. The lowest BCUT2D eigenvalue weighted by Crippen LogP contribution is -1.93. The third-order valence-electron chi connectivity index (χ3n) is 3.38. The molecule has 0 spiro atoms. The van der Waals surface area contributed by atoms with E-state index in [1.54, 1.807) is 0 Å². The van der Waals surface area contributed by atoms with Gasteiger partial charge in [-0.1, -0.05) is 44.0 Å². The van der Waals surface area contributed by atoms with Crippen molar-refractivity contribution in [1.29, 1.82) is 0 Å². The highest BCUT2D eigenvalue weighted by Gasteiger charge is 2.43. The van der Waals surface area contributed by atoms with Crippen molar-refractivity contribution in [3.63, 3.8) is 0 Å². The van der Waals surface area contributed by atoms with E-state index >= 15 is 0 Å². The minimum Gasteiger partial charge on any atom is -0.116 e. The van der Waals surface area contributed by atoms with Gasteiger partial charge in [0.15, 0.2) is 0 Å². The second-order valence-electron chi connectivity index (χ2n) is 4.38. The first-order valence-corrected chi connectivity index (χ1v) is 9.00. The fraction of sp³-hybridized carbons (Fsp3) is 0.143. The van der Waals surface area contributed by atoms with E-state index in [1.165, 1.54) is 29.9 Å². The maximum Gasteiger partial charge on any atom is 0.0530 e. The molecular weight excluding hydrogens is 392 g/mol. The van der Waals surface area contributed by atoms with Gasteiger partial charge in [0.05, 0.1) is 10.5 Å². The lowest BCUT2D eigenvalue weighted by Gasteiger charge is -2.10. The average molecular weight is 400 g/mol. The van der Waals surface area contributed by atoms with E-state index in [-0.39, 0.29) is 0 Å². The van der Waals surface area contributed by atoms with Crippen LogP contribution in [0.3, 0.4) is 0 Å². The summed E-state index contributed by atoms with van der Waals surface area (Å²) in [5.74, 6) is 0. The van der Waals surface area contributed by atoms with E-state index in [2.05, 4.69) is 68.3 Å². The second kappa shape index (κ2) is 4.30. The van der Waals surface area contributed by atoms with Gasteiger partial charge in [-0.15, -0.1) is 23.5 Å². The zero-order valence-corrected chi connectivity index (χ0v) is 14.0. The molecule has 0 amide bonds. The Labute approximate surface area is 131 Å². The third-order valence-corrected chi connectivity index (χ3v) is 7.68. The summed E-state index contributed by atoms with van der Waals surface area (Å²) < 4.78 is 2.49. The van der Waals surface area contributed by atoms with Crippen LogP contribution in [0.2, 0.25) is 0 Å². The van der Waals surface area contributed by atoms with Crippen LogP contribution in [0.1, 0.15) is 21.6 Å². The molecule has 0 saturated heterocycles. The van der Waals surface area contributed by atoms with E-state index in [9.17, 15) is 0 Å². The van der Waals surface area contributed by atoms with Crippen LogP contribution in [0.4, 0.5) is 0 Å². The molecule has 90 valence electrons. The van der Waals surface area contributed by atoms with Gasteiger partial charge in [-0.3, -0.25) is 0 Å². The molecule has 0 aliphatic carbocycles. The van der Waals surface area contributed by atoms with Crippen LogP contribution in [0.5, 0.6) is 0 Å². The molecule has 18 heavy (non-hydrogen) atoms. The fourth-order valence-corrected chi connectivity index (χ4v) is 7.74. The summed E-state index contributed by atoms with van der Waals surface area (Å²) in [7, 11) is 0. The van der Waals surface area contributed by atoms with E-state index in [0.717, 1.165) is 0 Å².